The molecule has 0 aliphatic heterocycles. The molecule has 1 atom stereocenters. The van der Waals surface area contributed by atoms with E-state index in [-0.39, 0.29) is 39.6 Å². The zero-order chi connectivity index (χ0) is 24.7. The predicted octanol–water partition coefficient (Wildman–Crippen LogP) is 4.33. The number of carbonyl (C=O) groups is 2. The Morgan fingerprint density at radius 2 is 2.06 bits per heavy atom. The van der Waals surface area contributed by atoms with Gasteiger partial charge in [0.2, 0.25) is 11.5 Å². The van der Waals surface area contributed by atoms with E-state index in [1.165, 1.54) is 0 Å². The maximum Gasteiger partial charge on any atom is 0.412 e. The first-order valence-corrected chi connectivity index (χ1v) is 11.4. The number of nitrogen functional groups attached to an aromatic ring is 1. The maximum atomic E-state index is 12.4. The molecule has 3 heterocycles. The van der Waals surface area contributed by atoms with E-state index in [4.69, 9.17) is 30.9 Å². The highest BCUT2D eigenvalue weighted by Crippen LogP contribution is 2.48. The van der Waals surface area contributed by atoms with Crippen molar-refractivity contribution in [3.63, 3.8) is 0 Å². The Kier molecular flexibility index (Phi) is 5.58. The maximum absolute atomic E-state index is 12.4. The number of aromatic nitrogens is 3. The van der Waals surface area contributed by atoms with Crippen LogP contribution in [0.3, 0.4) is 0 Å². The van der Waals surface area contributed by atoms with Gasteiger partial charge in [0, 0.05) is 16.5 Å². The molecule has 3 aromatic heterocycles. The summed E-state index contributed by atoms with van der Waals surface area (Å²) in [5, 5.41) is 12.6. The number of carbonyl (C=O) groups excluding carboxylic acids is 1. The number of rotatable bonds is 5. The Bertz CT molecular complexity index is 1490. The number of hydrogen-bond acceptors (Lipinski definition) is 10. The van der Waals surface area contributed by atoms with Crippen molar-refractivity contribution >= 4 is 57.3 Å². The molecular weight excluding hydrogens is 498 g/mol. The van der Waals surface area contributed by atoms with Gasteiger partial charge in [-0.25, -0.2) is 4.79 Å². The minimum atomic E-state index is -1.11. The van der Waals surface area contributed by atoms with Gasteiger partial charge in [-0.3, -0.25) is 10.1 Å². The number of oxazole rings is 2. The predicted molar refractivity (Wildman–Crippen MR) is 125 cm³/mol. The van der Waals surface area contributed by atoms with E-state index < -0.39 is 23.6 Å². The van der Waals surface area contributed by atoms with Gasteiger partial charge < -0.3 is 24.4 Å². The van der Waals surface area contributed by atoms with Crippen LogP contribution in [-0.4, -0.2) is 31.5 Å². The molecule has 178 valence electrons. The van der Waals surface area contributed by atoms with Crippen LogP contribution in [0, 0.1) is 11.8 Å². The average molecular weight is 514 g/mol. The van der Waals surface area contributed by atoms with E-state index in [0.717, 1.165) is 11.5 Å². The monoisotopic (exact) mass is 513 g/mol. The summed E-state index contributed by atoms with van der Waals surface area (Å²) in [4.78, 5) is 32.1. The number of benzene rings is 1. The van der Waals surface area contributed by atoms with Gasteiger partial charge in [0.05, 0.1) is 0 Å². The number of fused-ring (bicyclic) bond motifs is 1. The lowest BCUT2D eigenvalue weighted by atomic mass is 10.1. The van der Waals surface area contributed by atoms with Crippen LogP contribution >= 0.6 is 23.1 Å². The fourth-order valence-corrected chi connectivity index (χ4v) is 4.18. The van der Waals surface area contributed by atoms with Crippen LogP contribution in [0.15, 0.2) is 33.1 Å². The van der Waals surface area contributed by atoms with Gasteiger partial charge in [0.1, 0.15) is 22.2 Å². The molecule has 1 fully saturated rings. The second-order valence-corrected chi connectivity index (χ2v) is 8.96. The fraction of sp³-hybridized carbons (Fsp3) is 0.227. The van der Waals surface area contributed by atoms with Crippen LogP contribution in [0.1, 0.15) is 48.9 Å². The Balaban J connectivity index is 1.30. The number of carboxylic acid groups (broad SMARTS) is 1. The summed E-state index contributed by atoms with van der Waals surface area (Å²) in [6, 6.07) is 7.03. The minimum Gasteiger partial charge on any atom is -0.480 e. The molecule has 1 aliphatic rings. The number of ether oxygens (including phenoxy) is 1. The standard InChI is InChI=1S/C22H16ClN5O6S/c1-10(11-4-2-3-5-12(11)23)32-21(31)26-15-13(28-35-16(15)24)6-7-14-25-17-18(33-14)34-19(27-17)22(8-9-22)20(29)30/h2-5,10H,8-9,24H2,1H3,(H,26,31)(H,29,30). The summed E-state index contributed by atoms with van der Waals surface area (Å²) in [7, 11) is 0. The quantitative estimate of drug-likeness (QED) is 0.326. The Hall–Kier alpha value is -4.08. The summed E-state index contributed by atoms with van der Waals surface area (Å²) < 4.78 is 20.4. The van der Waals surface area contributed by atoms with E-state index >= 15 is 0 Å². The number of aliphatic carboxylic acids is 1. The van der Waals surface area contributed by atoms with Crippen LogP contribution in [0.25, 0.3) is 11.4 Å². The van der Waals surface area contributed by atoms with Crippen LogP contribution in [0.5, 0.6) is 0 Å². The van der Waals surface area contributed by atoms with Crippen molar-refractivity contribution in [1.29, 1.82) is 0 Å². The number of carboxylic acids is 1. The van der Waals surface area contributed by atoms with Gasteiger partial charge in [-0.15, -0.1) is 0 Å². The summed E-state index contributed by atoms with van der Waals surface area (Å²) >= 11 is 7.10. The van der Waals surface area contributed by atoms with Crippen LogP contribution in [-0.2, 0) is 14.9 Å². The van der Waals surface area contributed by atoms with Gasteiger partial charge in [0.15, 0.2) is 5.69 Å². The van der Waals surface area contributed by atoms with Crippen molar-refractivity contribution < 1.29 is 28.3 Å². The molecule has 5 rings (SSSR count). The van der Waals surface area contributed by atoms with E-state index in [2.05, 4.69) is 31.5 Å². The fourth-order valence-electron chi connectivity index (χ4n) is 3.33. The van der Waals surface area contributed by atoms with E-state index in [0.29, 0.717) is 23.4 Å². The van der Waals surface area contributed by atoms with E-state index in [9.17, 15) is 14.7 Å². The van der Waals surface area contributed by atoms with Crippen LogP contribution in [0.2, 0.25) is 5.02 Å². The summed E-state index contributed by atoms with van der Waals surface area (Å²) in [5.74, 6) is 4.42. The molecule has 1 saturated carbocycles. The normalized spacial score (nSPS) is 14.7. The zero-order valence-corrected chi connectivity index (χ0v) is 19.6. The number of anilines is 2. The second-order valence-electron chi connectivity index (χ2n) is 7.75. The van der Waals surface area contributed by atoms with E-state index in [1.54, 1.807) is 31.2 Å². The molecule has 0 bridgehead atoms. The van der Waals surface area contributed by atoms with Crippen LogP contribution in [0.4, 0.5) is 15.5 Å². The van der Waals surface area contributed by atoms with Crippen molar-refractivity contribution in [3.05, 3.63) is 52.3 Å². The molecule has 4 N–H and O–H groups in total. The van der Waals surface area contributed by atoms with Crippen LogP contribution < -0.4 is 11.1 Å². The van der Waals surface area contributed by atoms with Crippen molar-refractivity contribution in [2.45, 2.75) is 31.3 Å². The smallest absolute Gasteiger partial charge is 0.412 e. The molecule has 0 spiro atoms. The molecule has 4 aromatic rings. The number of nitrogens with one attached hydrogen (secondary N) is 1. The second kappa shape index (κ2) is 8.61. The number of amides is 1. The summed E-state index contributed by atoms with van der Waals surface area (Å²) in [6.45, 7) is 1.69. The first-order valence-electron chi connectivity index (χ1n) is 10.3. The van der Waals surface area contributed by atoms with Crippen molar-refractivity contribution in [2.24, 2.45) is 0 Å². The third kappa shape index (κ3) is 4.27. The summed E-state index contributed by atoms with van der Waals surface area (Å²) in [5.41, 5.74) is 5.97. The molecular formula is C22H16ClN5O6S. The first-order chi connectivity index (χ1) is 16.8. The average Bonchev–Trinajstić information content (AvgIpc) is 3.25. The third-order valence-corrected chi connectivity index (χ3v) is 6.42. The molecule has 13 heteroatoms. The number of nitrogens with two attached hydrogens (primary N) is 1. The molecule has 11 nitrogen and oxygen atoms in total. The first kappa shape index (κ1) is 22.7. The Morgan fingerprint density at radius 1 is 1.29 bits per heavy atom. The molecule has 1 aromatic carbocycles. The topological polar surface area (TPSA) is 167 Å². The number of halogens is 1. The minimum absolute atomic E-state index is 0.0228. The third-order valence-electron chi connectivity index (χ3n) is 5.41. The Labute approximate surface area is 206 Å². The van der Waals surface area contributed by atoms with Gasteiger partial charge in [0.25, 0.3) is 5.89 Å². The van der Waals surface area contributed by atoms with Gasteiger partial charge >= 0.3 is 17.8 Å². The lowest BCUT2D eigenvalue weighted by Gasteiger charge is -2.15. The van der Waals surface area contributed by atoms with Gasteiger partial charge in [-0.1, -0.05) is 29.8 Å². The van der Waals surface area contributed by atoms with Crippen molar-refractivity contribution in [3.8, 4) is 11.8 Å². The van der Waals surface area contributed by atoms with Crippen molar-refractivity contribution in [2.75, 3.05) is 11.1 Å². The molecule has 1 amide bonds. The molecule has 1 unspecified atom stereocenters. The largest absolute Gasteiger partial charge is 0.480 e. The highest BCUT2D eigenvalue weighted by atomic mass is 35.5. The SMILES string of the molecule is CC(OC(=O)Nc1c(C#Cc2nc3nc(C4(C(=O)O)CC4)oc3o2)nsc1N)c1ccccc1Cl. The van der Waals surface area contributed by atoms with E-state index in [1.807, 2.05) is 0 Å². The lowest BCUT2D eigenvalue weighted by molar-refractivity contribution is -0.140. The summed E-state index contributed by atoms with van der Waals surface area (Å²) in [6.07, 6.45) is -0.482. The van der Waals surface area contributed by atoms with Gasteiger partial charge in [-0.05, 0) is 43.3 Å². The van der Waals surface area contributed by atoms with Gasteiger partial charge in [-0.2, -0.15) is 14.3 Å². The highest BCUT2D eigenvalue weighted by Gasteiger charge is 2.56. The molecule has 0 radical (unpaired) electrons. The number of nitrogens with zero attached hydrogens (tertiary/aromatic N) is 3. The number of hydrogen-bond donors (Lipinski definition) is 3. The zero-order valence-electron chi connectivity index (χ0n) is 18.0. The highest BCUT2D eigenvalue weighted by molar-refractivity contribution is 7.10. The lowest BCUT2D eigenvalue weighted by Crippen LogP contribution is -2.19. The molecule has 1 aliphatic carbocycles. The molecule has 0 saturated heterocycles. The van der Waals surface area contributed by atoms with Crippen molar-refractivity contribution in [1.82, 2.24) is 14.3 Å². The Morgan fingerprint density at radius 3 is 2.74 bits per heavy atom. The molecule has 35 heavy (non-hydrogen) atoms.